The Morgan fingerprint density at radius 2 is 1.89 bits per heavy atom. The van der Waals surface area contributed by atoms with E-state index in [1.807, 2.05) is 20.8 Å². The number of aromatic nitrogens is 2. The van der Waals surface area contributed by atoms with Gasteiger partial charge < -0.3 is 9.84 Å². The number of hydrogen-bond donors (Lipinski definition) is 1. The molecule has 1 N–H and O–H groups in total. The molecule has 1 atom stereocenters. The summed E-state index contributed by atoms with van der Waals surface area (Å²) in [6, 6.07) is 0. The van der Waals surface area contributed by atoms with Crippen molar-refractivity contribution in [2.45, 2.75) is 46.6 Å². The molecule has 1 heterocycles. The first-order valence-corrected chi connectivity index (χ1v) is 6.11. The SMILES string of the molecule is CCCOCc1nc(C)c(C(C)C(=O)O)c(C)n1. The van der Waals surface area contributed by atoms with Gasteiger partial charge in [-0.1, -0.05) is 6.92 Å². The zero-order valence-corrected chi connectivity index (χ0v) is 11.4. The zero-order valence-electron chi connectivity index (χ0n) is 11.4. The third-order valence-corrected chi connectivity index (χ3v) is 2.76. The van der Waals surface area contributed by atoms with Gasteiger partial charge in [-0.15, -0.1) is 0 Å². The number of carbonyl (C=O) groups is 1. The molecule has 0 aliphatic rings. The average Bonchev–Trinajstić information content (AvgIpc) is 2.28. The molecule has 18 heavy (non-hydrogen) atoms. The molecule has 0 aliphatic heterocycles. The van der Waals surface area contributed by atoms with Gasteiger partial charge >= 0.3 is 5.97 Å². The Balaban J connectivity index is 2.94. The van der Waals surface area contributed by atoms with Crippen molar-refractivity contribution in [3.8, 4) is 0 Å². The summed E-state index contributed by atoms with van der Waals surface area (Å²) < 4.78 is 5.39. The van der Waals surface area contributed by atoms with Crippen LogP contribution >= 0.6 is 0 Å². The van der Waals surface area contributed by atoms with Gasteiger partial charge in [0.25, 0.3) is 0 Å². The van der Waals surface area contributed by atoms with E-state index in [0.717, 1.165) is 6.42 Å². The van der Waals surface area contributed by atoms with E-state index < -0.39 is 11.9 Å². The maximum absolute atomic E-state index is 11.0. The summed E-state index contributed by atoms with van der Waals surface area (Å²) in [6.07, 6.45) is 0.950. The Hall–Kier alpha value is -1.49. The lowest BCUT2D eigenvalue weighted by Crippen LogP contribution is -2.14. The van der Waals surface area contributed by atoms with Crippen LogP contribution in [0.5, 0.6) is 0 Å². The van der Waals surface area contributed by atoms with Gasteiger partial charge in [0.2, 0.25) is 0 Å². The van der Waals surface area contributed by atoms with E-state index in [9.17, 15) is 4.79 Å². The van der Waals surface area contributed by atoms with Crippen LogP contribution in [0.1, 0.15) is 49.0 Å². The predicted octanol–water partition coefficient (Wildman–Crippen LogP) is 2.21. The number of aliphatic carboxylic acids is 1. The standard InChI is InChI=1S/C13H20N2O3/c1-5-6-18-7-11-14-9(3)12(10(4)15-11)8(2)13(16)17/h8H,5-7H2,1-4H3,(H,16,17). The number of aryl methyl sites for hydroxylation is 2. The molecule has 5 nitrogen and oxygen atoms in total. The fourth-order valence-corrected chi connectivity index (χ4v) is 1.92. The molecule has 1 rings (SSSR count). The monoisotopic (exact) mass is 252 g/mol. The van der Waals surface area contributed by atoms with Gasteiger partial charge in [-0.2, -0.15) is 0 Å². The molecular formula is C13H20N2O3. The van der Waals surface area contributed by atoms with Gasteiger partial charge in [0.05, 0.1) is 5.92 Å². The molecule has 0 bridgehead atoms. The lowest BCUT2D eigenvalue weighted by Gasteiger charge is -2.14. The Bertz CT molecular complexity index is 409. The summed E-state index contributed by atoms with van der Waals surface area (Å²) in [6.45, 7) is 8.36. The molecular weight excluding hydrogens is 232 g/mol. The normalized spacial score (nSPS) is 12.4. The van der Waals surface area contributed by atoms with Gasteiger partial charge in [-0.25, -0.2) is 9.97 Å². The van der Waals surface area contributed by atoms with Crippen molar-refractivity contribution in [2.75, 3.05) is 6.61 Å². The summed E-state index contributed by atoms with van der Waals surface area (Å²) in [4.78, 5) is 19.6. The van der Waals surface area contributed by atoms with Crippen molar-refractivity contribution < 1.29 is 14.6 Å². The molecule has 0 saturated heterocycles. The molecule has 1 unspecified atom stereocenters. The number of hydrogen-bond acceptors (Lipinski definition) is 4. The average molecular weight is 252 g/mol. The van der Waals surface area contributed by atoms with E-state index in [2.05, 4.69) is 9.97 Å². The zero-order chi connectivity index (χ0) is 13.7. The van der Waals surface area contributed by atoms with Crippen molar-refractivity contribution in [3.05, 3.63) is 22.8 Å². The van der Waals surface area contributed by atoms with Gasteiger partial charge in [0.15, 0.2) is 5.82 Å². The first kappa shape index (κ1) is 14.6. The Morgan fingerprint density at radius 3 is 2.33 bits per heavy atom. The van der Waals surface area contributed by atoms with E-state index in [1.54, 1.807) is 6.92 Å². The van der Waals surface area contributed by atoms with Gasteiger partial charge in [0.1, 0.15) is 6.61 Å². The molecule has 0 saturated carbocycles. The minimum atomic E-state index is -0.861. The fourth-order valence-electron chi connectivity index (χ4n) is 1.92. The minimum Gasteiger partial charge on any atom is -0.481 e. The highest BCUT2D eigenvalue weighted by Gasteiger charge is 2.20. The van der Waals surface area contributed by atoms with E-state index in [4.69, 9.17) is 9.84 Å². The summed E-state index contributed by atoms with van der Waals surface area (Å²) in [5.74, 6) is -0.838. The Kier molecular flexibility index (Phi) is 5.22. The molecule has 1 aromatic rings. The summed E-state index contributed by atoms with van der Waals surface area (Å²) in [5.41, 5.74) is 2.13. The second-order valence-corrected chi connectivity index (χ2v) is 4.34. The van der Waals surface area contributed by atoms with Gasteiger partial charge in [-0.05, 0) is 27.2 Å². The lowest BCUT2D eigenvalue weighted by atomic mass is 9.98. The van der Waals surface area contributed by atoms with Crippen molar-refractivity contribution >= 4 is 5.97 Å². The molecule has 5 heteroatoms. The maximum Gasteiger partial charge on any atom is 0.310 e. The molecule has 0 radical (unpaired) electrons. The van der Waals surface area contributed by atoms with Crippen LogP contribution in [0.4, 0.5) is 0 Å². The van der Waals surface area contributed by atoms with Crippen LogP contribution in [0.25, 0.3) is 0 Å². The summed E-state index contributed by atoms with van der Waals surface area (Å²) in [5, 5.41) is 9.05. The fraction of sp³-hybridized carbons (Fsp3) is 0.615. The van der Waals surface area contributed by atoms with Crippen LogP contribution in [0.3, 0.4) is 0 Å². The number of ether oxygens (including phenoxy) is 1. The molecule has 0 aliphatic carbocycles. The van der Waals surface area contributed by atoms with Crippen LogP contribution in [0, 0.1) is 13.8 Å². The molecule has 100 valence electrons. The maximum atomic E-state index is 11.0. The topological polar surface area (TPSA) is 72.3 Å². The van der Waals surface area contributed by atoms with E-state index in [0.29, 0.717) is 36.0 Å². The number of carboxylic acids is 1. The predicted molar refractivity (Wildman–Crippen MR) is 67.5 cm³/mol. The van der Waals surface area contributed by atoms with E-state index in [-0.39, 0.29) is 0 Å². The van der Waals surface area contributed by atoms with Gasteiger partial charge in [-0.3, -0.25) is 4.79 Å². The van der Waals surface area contributed by atoms with Crippen molar-refractivity contribution in [1.29, 1.82) is 0 Å². The van der Waals surface area contributed by atoms with E-state index >= 15 is 0 Å². The van der Waals surface area contributed by atoms with Crippen LogP contribution < -0.4 is 0 Å². The third-order valence-electron chi connectivity index (χ3n) is 2.76. The Labute approximate surface area is 107 Å². The summed E-state index contributed by atoms with van der Waals surface area (Å²) in [7, 11) is 0. The van der Waals surface area contributed by atoms with E-state index in [1.165, 1.54) is 0 Å². The molecule has 1 aromatic heterocycles. The minimum absolute atomic E-state index is 0.372. The number of carboxylic acid groups (broad SMARTS) is 1. The Morgan fingerprint density at radius 1 is 1.33 bits per heavy atom. The second-order valence-electron chi connectivity index (χ2n) is 4.34. The first-order chi connectivity index (χ1) is 8.47. The molecule has 0 amide bonds. The highest BCUT2D eigenvalue weighted by molar-refractivity contribution is 5.76. The highest BCUT2D eigenvalue weighted by atomic mass is 16.5. The smallest absolute Gasteiger partial charge is 0.310 e. The lowest BCUT2D eigenvalue weighted by molar-refractivity contribution is -0.138. The number of rotatable bonds is 6. The highest BCUT2D eigenvalue weighted by Crippen LogP contribution is 2.21. The van der Waals surface area contributed by atoms with Crippen LogP contribution in [0.2, 0.25) is 0 Å². The molecule has 0 spiro atoms. The van der Waals surface area contributed by atoms with Gasteiger partial charge in [0, 0.05) is 23.6 Å². The molecule has 0 aromatic carbocycles. The quantitative estimate of drug-likeness (QED) is 0.786. The first-order valence-electron chi connectivity index (χ1n) is 6.11. The van der Waals surface area contributed by atoms with Crippen molar-refractivity contribution in [2.24, 2.45) is 0 Å². The van der Waals surface area contributed by atoms with Crippen LogP contribution in [-0.2, 0) is 16.1 Å². The third kappa shape index (κ3) is 3.50. The van der Waals surface area contributed by atoms with Crippen molar-refractivity contribution in [3.63, 3.8) is 0 Å². The summed E-state index contributed by atoms with van der Waals surface area (Å²) >= 11 is 0. The van der Waals surface area contributed by atoms with Crippen LogP contribution in [0.15, 0.2) is 0 Å². The van der Waals surface area contributed by atoms with Crippen LogP contribution in [-0.4, -0.2) is 27.7 Å². The molecule has 0 fully saturated rings. The van der Waals surface area contributed by atoms with Crippen molar-refractivity contribution in [1.82, 2.24) is 9.97 Å². The largest absolute Gasteiger partial charge is 0.481 e. The number of nitrogens with zero attached hydrogens (tertiary/aromatic N) is 2. The second kappa shape index (κ2) is 6.44.